The Hall–Kier alpha value is -1.31. The average Bonchev–Trinajstić information content (AvgIpc) is 2.03. The van der Waals surface area contributed by atoms with Crippen molar-refractivity contribution in [3.05, 3.63) is 0 Å². The summed E-state index contributed by atoms with van der Waals surface area (Å²) in [6, 6.07) is 0. The summed E-state index contributed by atoms with van der Waals surface area (Å²) >= 11 is 0. The Morgan fingerprint density at radius 2 is 1.33 bits per heavy atom. The molecule has 0 aromatic heterocycles. The van der Waals surface area contributed by atoms with E-state index in [-0.39, 0.29) is 0 Å². The van der Waals surface area contributed by atoms with Crippen LogP contribution in [0.1, 0.15) is 13.8 Å². The Kier molecular flexibility index (Phi) is 5.96. The Balaban J connectivity index is 0. The Bertz CT molecular complexity index is 237. The second-order valence-corrected chi connectivity index (χ2v) is 2.98. The maximum atomic E-state index is 10.6. The fraction of sp³-hybridized carbons (Fsp3) is 0.714. The van der Waals surface area contributed by atoms with E-state index in [0.29, 0.717) is 0 Å². The number of halogens is 3. The summed E-state index contributed by atoms with van der Waals surface area (Å²) in [6.45, 7) is 3.21. The van der Waals surface area contributed by atoms with E-state index in [1.54, 1.807) is 20.9 Å². The number of aliphatic carboxylic acids is 2. The van der Waals surface area contributed by atoms with E-state index in [0.717, 1.165) is 0 Å². The van der Waals surface area contributed by atoms with Gasteiger partial charge in [-0.2, -0.15) is 13.2 Å². The molecule has 0 unspecified atom stereocenters. The molecule has 8 heteroatoms. The average molecular weight is 231 g/mol. The third kappa shape index (κ3) is 7.74. The summed E-state index contributed by atoms with van der Waals surface area (Å²) in [7, 11) is 1.62. The van der Waals surface area contributed by atoms with Crippen molar-refractivity contribution in [3.8, 4) is 0 Å². The van der Waals surface area contributed by atoms with E-state index in [2.05, 4.69) is 5.32 Å². The molecule has 3 N–H and O–H groups in total. The van der Waals surface area contributed by atoms with Crippen LogP contribution in [0.4, 0.5) is 13.2 Å². The van der Waals surface area contributed by atoms with E-state index in [1.807, 2.05) is 0 Å². The minimum atomic E-state index is -5.08. The molecule has 0 aliphatic heterocycles. The number of nitrogens with one attached hydrogen (secondary N) is 1. The van der Waals surface area contributed by atoms with Gasteiger partial charge in [0.25, 0.3) is 0 Å². The highest BCUT2D eigenvalue weighted by atomic mass is 19.4. The van der Waals surface area contributed by atoms with Crippen LogP contribution in [0.2, 0.25) is 0 Å². The molecule has 0 heterocycles. The smallest absolute Gasteiger partial charge is 0.480 e. The molecule has 0 fully saturated rings. The molecule has 0 radical (unpaired) electrons. The first kappa shape index (κ1) is 16.1. The summed E-state index contributed by atoms with van der Waals surface area (Å²) in [4.78, 5) is 19.1. The topological polar surface area (TPSA) is 86.6 Å². The molecule has 0 aromatic carbocycles. The summed E-state index contributed by atoms with van der Waals surface area (Å²) in [5.41, 5.74) is -0.792. The molecule has 5 nitrogen and oxygen atoms in total. The van der Waals surface area contributed by atoms with Crippen LogP contribution in [0.3, 0.4) is 0 Å². The van der Waals surface area contributed by atoms with Gasteiger partial charge in [-0.25, -0.2) is 4.79 Å². The van der Waals surface area contributed by atoms with Crippen LogP contribution >= 0.6 is 0 Å². The molecule has 0 spiro atoms. The van der Waals surface area contributed by atoms with Gasteiger partial charge in [0.05, 0.1) is 0 Å². The Morgan fingerprint density at radius 3 is 1.33 bits per heavy atom. The zero-order valence-corrected chi connectivity index (χ0v) is 8.34. The van der Waals surface area contributed by atoms with Gasteiger partial charge < -0.3 is 15.5 Å². The first-order valence-corrected chi connectivity index (χ1v) is 3.67. The van der Waals surface area contributed by atoms with E-state index >= 15 is 0 Å². The van der Waals surface area contributed by atoms with Crippen molar-refractivity contribution < 1.29 is 33.0 Å². The highest BCUT2D eigenvalue weighted by molar-refractivity contribution is 5.77. The van der Waals surface area contributed by atoms with Crippen LogP contribution in [-0.2, 0) is 9.59 Å². The largest absolute Gasteiger partial charge is 0.490 e. The third-order valence-electron chi connectivity index (χ3n) is 1.40. The number of rotatable bonds is 2. The minimum Gasteiger partial charge on any atom is -0.480 e. The summed E-state index contributed by atoms with van der Waals surface area (Å²) in [6.07, 6.45) is -5.08. The second kappa shape index (κ2) is 5.54. The fourth-order valence-electron chi connectivity index (χ4n) is 0.107. The van der Waals surface area contributed by atoms with Crippen molar-refractivity contribution in [2.45, 2.75) is 25.6 Å². The highest BCUT2D eigenvalue weighted by Crippen LogP contribution is 2.13. The Morgan fingerprint density at radius 1 is 1.07 bits per heavy atom. The lowest BCUT2D eigenvalue weighted by Crippen LogP contribution is -2.44. The molecular weight excluding hydrogens is 219 g/mol. The second-order valence-electron chi connectivity index (χ2n) is 2.98. The van der Waals surface area contributed by atoms with Gasteiger partial charge in [0.2, 0.25) is 0 Å². The van der Waals surface area contributed by atoms with Gasteiger partial charge in [-0.15, -0.1) is 0 Å². The van der Waals surface area contributed by atoms with Gasteiger partial charge in [-0.05, 0) is 20.9 Å². The van der Waals surface area contributed by atoms with E-state index in [4.69, 9.17) is 15.0 Å². The molecular formula is C7H12F3NO4. The summed E-state index contributed by atoms with van der Waals surface area (Å²) in [5, 5.41) is 18.1. The van der Waals surface area contributed by atoms with Gasteiger partial charge >= 0.3 is 18.1 Å². The first-order valence-electron chi connectivity index (χ1n) is 3.67. The van der Waals surface area contributed by atoms with Crippen molar-refractivity contribution in [1.29, 1.82) is 0 Å². The molecule has 0 atom stereocenters. The van der Waals surface area contributed by atoms with Crippen molar-refractivity contribution in [2.24, 2.45) is 0 Å². The van der Waals surface area contributed by atoms with Gasteiger partial charge in [0.15, 0.2) is 0 Å². The zero-order valence-electron chi connectivity index (χ0n) is 8.34. The van der Waals surface area contributed by atoms with Crippen molar-refractivity contribution >= 4 is 11.9 Å². The fourth-order valence-corrected chi connectivity index (χ4v) is 0.107. The van der Waals surface area contributed by atoms with Crippen molar-refractivity contribution in [2.75, 3.05) is 7.05 Å². The SMILES string of the molecule is CNC(C)(C)C(=O)O.O=C(O)C(F)(F)F. The lowest BCUT2D eigenvalue weighted by atomic mass is 10.1. The van der Waals surface area contributed by atoms with Crippen LogP contribution in [0.5, 0.6) is 0 Å². The number of hydrogen-bond acceptors (Lipinski definition) is 3. The molecule has 0 bridgehead atoms. The predicted molar refractivity (Wildman–Crippen MR) is 44.5 cm³/mol. The lowest BCUT2D eigenvalue weighted by molar-refractivity contribution is -0.192. The van der Waals surface area contributed by atoms with E-state index in [1.165, 1.54) is 0 Å². The number of carboxylic acids is 2. The standard InChI is InChI=1S/C5H11NO2.C2HF3O2/c1-5(2,6-3)4(7)8;3-2(4,5)1(6)7/h6H,1-3H3,(H,7,8);(H,6,7). The van der Waals surface area contributed by atoms with E-state index < -0.39 is 23.7 Å². The molecule has 15 heavy (non-hydrogen) atoms. The van der Waals surface area contributed by atoms with Crippen LogP contribution < -0.4 is 5.32 Å². The molecule has 0 aromatic rings. The van der Waals surface area contributed by atoms with Gasteiger partial charge in [-0.3, -0.25) is 4.79 Å². The number of carbonyl (C=O) groups is 2. The number of alkyl halides is 3. The van der Waals surface area contributed by atoms with Gasteiger partial charge in [-0.1, -0.05) is 0 Å². The maximum Gasteiger partial charge on any atom is 0.490 e. The van der Waals surface area contributed by atoms with Crippen LogP contribution in [-0.4, -0.2) is 40.9 Å². The molecule has 90 valence electrons. The first-order chi connectivity index (χ1) is 6.45. The van der Waals surface area contributed by atoms with E-state index in [9.17, 15) is 18.0 Å². The zero-order chi connectivity index (χ0) is 12.9. The maximum absolute atomic E-state index is 10.6. The van der Waals surface area contributed by atoms with Crippen molar-refractivity contribution in [3.63, 3.8) is 0 Å². The quantitative estimate of drug-likeness (QED) is 0.651. The Labute approximate surface area is 83.9 Å². The lowest BCUT2D eigenvalue weighted by Gasteiger charge is -2.16. The summed E-state index contributed by atoms with van der Waals surface area (Å²) < 4.78 is 31.7. The number of carboxylic acid groups (broad SMARTS) is 2. The molecule has 0 aliphatic rings. The monoisotopic (exact) mass is 231 g/mol. The van der Waals surface area contributed by atoms with Crippen LogP contribution in [0, 0.1) is 0 Å². The van der Waals surface area contributed by atoms with Gasteiger partial charge in [0.1, 0.15) is 5.54 Å². The molecule has 0 rings (SSSR count). The minimum absolute atomic E-state index is 0.792. The highest BCUT2D eigenvalue weighted by Gasteiger charge is 2.38. The number of hydrogen-bond donors (Lipinski definition) is 3. The van der Waals surface area contributed by atoms with Crippen LogP contribution in [0.25, 0.3) is 0 Å². The predicted octanol–water partition coefficient (Wildman–Crippen LogP) is 0.702. The van der Waals surface area contributed by atoms with Crippen molar-refractivity contribution in [1.82, 2.24) is 5.32 Å². The molecule has 0 saturated heterocycles. The molecule has 0 amide bonds. The summed E-state index contributed by atoms with van der Waals surface area (Å²) in [5.74, 6) is -3.59. The van der Waals surface area contributed by atoms with Gasteiger partial charge in [0, 0.05) is 0 Å². The number of likely N-dealkylation sites (N-methyl/N-ethyl adjacent to an activating group) is 1. The molecule has 0 aliphatic carbocycles. The van der Waals surface area contributed by atoms with Crippen LogP contribution in [0.15, 0.2) is 0 Å². The third-order valence-corrected chi connectivity index (χ3v) is 1.40. The normalized spacial score (nSPS) is 11.3. The molecule has 0 saturated carbocycles.